The first-order valence-electron chi connectivity index (χ1n) is 2.87. The Morgan fingerprint density at radius 2 is 1.83 bits per heavy atom. The number of halogens is 4. The van der Waals surface area contributed by atoms with Gasteiger partial charge in [-0.2, -0.15) is 17.6 Å². The third-order valence-electron chi connectivity index (χ3n) is 1.18. The summed E-state index contributed by atoms with van der Waals surface area (Å²) in [6, 6.07) is 1.28. The first-order chi connectivity index (χ1) is 5.41. The molecule has 1 heterocycles. The van der Waals surface area contributed by atoms with Gasteiger partial charge in [-0.15, -0.1) is 0 Å². The van der Waals surface area contributed by atoms with Crippen LogP contribution < -0.4 is 0 Å². The maximum absolute atomic E-state index is 12.2. The Hall–Kier alpha value is -0.910. The molecule has 0 aromatic carbocycles. The minimum Gasteiger partial charge on any atom is -0.323 e. The first kappa shape index (κ1) is 9.18. The van der Waals surface area contributed by atoms with E-state index in [2.05, 4.69) is 12.2 Å². The average Bonchev–Trinajstić information content (AvgIpc) is 1.83. The summed E-state index contributed by atoms with van der Waals surface area (Å²) in [5, 5.41) is 0. The molecule has 0 bridgehead atoms. The fourth-order valence-electron chi connectivity index (χ4n) is 0.673. The molecule has 0 atom stereocenters. The maximum atomic E-state index is 12.2. The Labute approximate surface area is 70.0 Å². The van der Waals surface area contributed by atoms with Gasteiger partial charge in [-0.05, 0) is 12.1 Å². The van der Waals surface area contributed by atoms with Crippen LogP contribution in [0, 0.1) is 10.6 Å². The lowest BCUT2D eigenvalue weighted by Gasteiger charge is -2.05. The van der Waals surface area contributed by atoms with E-state index in [-0.39, 0.29) is 0 Å². The number of aromatic amines is 1. The van der Waals surface area contributed by atoms with E-state index in [1.165, 1.54) is 0 Å². The number of rotatable bonds is 0. The summed E-state index contributed by atoms with van der Waals surface area (Å²) >= 11 is 4.27. The second-order valence-corrected chi connectivity index (χ2v) is 2.46. The molecule has 0 saturated carbocycles. The first-order valence-corrected chi connectivity index (χ1v) is 3.28. The van der Waals surface area contributed by atoms with Crippen molar-refractivity contribution in [3.8, 4) is 0 Å². The summed E-state index contributed by atoms with van der Waals surface area (Å²) in [5.74, 6) is -0.881. The highest BCUT2D eigenvalue weighted by molar-refractivity contribution is 7.71. The third-order valence-corrected chi connectivity index (χ3v) is 1.50. The molecule has 0 aliphatic carbocycles. The van der Waals surface area contributed by atoms with Gasteiger partial charge in [0.05, 0.1) is 5.56 Å². The fraction of sp³-hybridized carbons (Fsp3) is 0.167. The van der Waals surface area contributed by atoms with Crippen LogP contribution in [-0.2, 0) is 6.18 Å². The molecule has 0 spiro atoms. The number of hydrogen-bond acceptors (Lipinski definition) is 1. The number of hydrogen-bond donors (Lipinski definition) is 1. The van der Waals surface area contributed by atoms with Gasteiger partial charge in [-0.25, -0.2) is 0 Å². The molecule has 1 nitrogen and oxygen atoms in total. The van der Waals surface area contributed by atoms with Crippen LogP contribution in [0.25, 0.3) is 0 Å². The van der Waals surface area contributed by atoms with Gasteiger partial charge in [-0.1, -0.05) is 12.2 Å². The van der Waals surface area contributed by atoms with E-state index in [1.54, 1.807) is 4.98 Å². The van der Waals surface area contributed by atoms with Gasteiger partial charge in [0.2, 0.25) is 0 Å². The predicted octanol–water partition coefficient (Wildman–Crippen LogP) is 2.90. The Morgan fingerprint density at radius 3 is 2.25 bits per heavy atom. The van der Waals surface area contributed by atoms with Crippen LogP contribution in [-0.4, -0.2) is 4.98 Å². The van der Waals surface area contributed by atoms with Crippen LogP contribution in [0.1, 0.15) is 5.56 Å². The molecule has 1 aromatic rings. The van der Waals surface area contributed by atoms with Gasteiger partial charge >= 0.3 is 6.18 Å². The second-order valence-electron chi connectivity index (χ2n) is 2.05. The molecular weight excluding hydrogens is 194 g/mol. The lowest BCUT2D eigenvalue weighted by Crippen LogP contribution is -2.07. The fourth-order valence-corrected chi connectivity index (χ4v) is 0.954. The number of H-pyrrole nitrogens is 1. The summed E-state index contributed by atoms with van der Waals surface area (Å²) in [6.45, 7) is 0. The molecule has 6 heteroatoms. The molecule has 0 aliphatic rings. The number of pyridine rings is 1. The molecule has 0 aliphatic heterocycles. The molecule has 0 amide bonds. The number of aromatic nitrogens is 1. The molecular formula is C6H3F4NS. The van der Waals surface area contributed by atoms with Crippen molar-refractivity contribution >= 4 is 12.2 Å². The summed E-state index contributed by atoms with van der Waals surface area (Å²) in [7, 11) is 0. The Bertz CT molecular complexity index is 340. The topological polar surface area (TPSA) is 15.8 Å². The third kappa shape index (κ3) is 1.82. The van der Waals surface area contributed by atoms with Crippen molar-refractivity contribution in [2.75, 3.05) is 0 Å². The van der Waals surface area contributed by atoms with Crippen LogP contribution in [0.15, 0.2) is 12.1 Å². The van der Waals surface area contributed by atoms with Crippen molar-refractivity contribution in [2.45, 2.75) is 6.18 Å². The van der Waals surface area contributed by atoms with E-state index in [0.29, 0.717) is 12.1 Å². The van der Waals surface area contributed by atoms with Gasteiger partial charge in [-0.3, -0.25) is 0 Å². The van der Waals surface area contributed by atoms with Crippen LogP contribution in [0.3, 0.4) is 0 Å². The van der Waals surface area contributed by atoms with Crippen molar-refractivity contribution < 1.29 is 17.6 Å². The maximum Gasteiger partial charge on any atom is 0.419 e. The molecule has 0 unspecified atom stereocenters. The monoisotopic (exact) mass is 197 g/mol. The quantitative estimate of drug-likeness (QED) is 0.384. The van der Waals surface area contributed by atoms with Crippen LogP contribution in [0.2, 0.25) is 0 Å². The zero-order valence-corrected chi connectivity index (χ0v) is 6.39. The highest BCUT2D eigenvalue weighted by Gasteiger charge is 2.32. The van der Waals surface area contributed by atoms with Crippen LogP contribution in [0.5, 0.6) is 0 Å². The lowest BCUT2D eigenvalue weighted by molar-refractivity contribution is -0.138. The van der Waals surface area contributed by atoms with Crippen molar-refractivity contribution in [1.82, 2.24) is 4.98 Å². The van der Waals surface area contributed by atoms with Gasteiger partial charge in [0, 0.05) is 0 Å². The predicted molar refractivity (Wildman–Crippen MR) is 36.6 cm³/mol. The van der Waals surface area contributed by atoms with Crippen molar-refractivity contribution in [3.63, 3.8) is 0 Å². The van der Waals surface area contributed by atoms with E-state index in [9.17, 15) is 17.6 Å². The van der Waals surface area contributed by atoms with E-state index in [0.717, 1.165) is 0 Å². The van der Waals surface area contributed by atoms with Gasteiger partial charge in [0.15, 0.2) is 5.95 Å². The standard InChI is InChI=1S/C6H3F4NS/c7-4-2-1-3(5(12)11-4)6(8,9)10/h1-2H,(H,11,12). The molecule has 0 radical (unpaired) electrons. The largest absolute Gasteiger partial charge is 0.419 e. The Morgan fingerprint density at radius 1 is 1.25 bits per heavy atom. The molecule has 0 fully saturated rings. The summed E-state index contributed by atoms with van der Waals surface area (Å²) in [6.07, 6.45) is -4.53. The zero-order chi connectivity index (χ0) is 9.35. The molecule has 1 N–H and O–H groups in total. The van der Waals surface area contributed by atoms with E-state index in [4.69, 9.17) is 0 Å². The van der Waals surface area contributed by atoms with E-state index in [1.807, 2.05) is 0 Å². The average molecular weight is 197 g/mol. The SMILES string of the molecule is Fc1ccc(C(F)(F)F)c(=S)[nH]1. The van der Waals surface area contributed by atoms with Gasteiger partial charge < -0.3 is 4.98 Å². The van der Waals surface area contributed by atoms with Crippen LogP contribution >= 0.6 is 12.2 Å². The number of nitrogens with one attached hydrogen (secondary N) is 1. The molecule has 1 aromatic heterocycles. The highest BCUT2D eigenvalue weighted by Crippen LogP contribution is 2.29. The zero-order valence-electron chi connectivity index (χ0n) is 5.57. The van der Waals surface area contributed by atoms with Gasteiger partial charge in [0.25, 0.3) is 0 Å². The second kappa shape index (κ2) is 2.85. The lowest BCUT2D eigenvalue weighted by atomic mass is 10.3. The molecule has 66 valence electrons. The summed E-state index contributed by atoms with van der Waals surface area (Å²) in [5.41, 5.74) is -1.03. The van der Waals surface area contributed by atoms with E-state index < -0.39 is 22.3 Å². The highest BCUT2D eigenvalue weighted by atomic mass is 32.1. The van der Waals surface area contributed by atoms with Crippen molar-refractivity contribution in [3.05, 3.63) is 28.3 Å². The van der Waals surface area contributed by atoms with Crippen molar-refractivity contribution in [2.24, 2.45) is 0 Å². The summed E-state index contributed by atoms with van der Waals surface area (Å²) in [4.78, 5) is 1.77. The van der Waals surface area contributed by atoms with Crippen molar-refractivity contribution in [1.29, 1.82) is 0 Å². The van der Waals surface area contributed by atoms with E-state index >= 15 is 0 Å². The molecule has 1 rings (SSSR count). The Kier molecular flexibility index (Phi) is 2.18. The van der Waals surface area contributed by atoms with Crippen LogP contribution in [0.4, 0.5) is 17.6 Å². The Balaban J connectivity index is 3.29. The molecule has 12 heavy (non-hydrogen) atoms. The molecule has 0 saturated heterocycles. The van der Waals surface area contributed by atoms with Gasteiger partial charge in [0.1, 0.15) is 4.64 Å². The number of alkyl halides is 3. The summed E-state index contributed by atoms with van der Waals surface area (Å²) < 4.78 is 47.5. The minimum absolute atomic E-state index is 0.605. The normalized spacial score (nSPS) is 11.7. The smallest absolute Gasteiger partial charge is 0.323 e. The minimum atomic E-state index is -4.53.